The Kier molecular flexibility index (Phi) is 4.81. The van der Waals surface area contributed by atoms with Crippen LogP contribution >= 0.6 is 0 Å². The summed E-state index contributed by atoms with van der Waals surface area (Å²) in [5, 5.41) is 2.86. The van der Waals surface area contributed by atoms with Crippen LogP contribution in [0.1, 0.15) is 10.4 Å². The Morgan fingerprint density at radius 3 is 2.83 bits per heavy atom. The fourth-order valence-electron chi connectivity index (χ4n) is 2.61. The van der Waals surface area contributed by atoms with E-state index in [-0.39, 0.29) is 5.91 Å². The van der Waals surface area contributed by atoms with Gasteiger partial charge in [-0.05, 0) is 30.3 Å². The number of nitrogen functional groups attached to an aromatic ring is 1. The number of aromatic nitrogens is 1. The number of pyridine rings is 1. The second-order valence-electron chi connectivity index (χ2n) is 5.38. The zero-order valence-electron chi connectivity index (χ0n) is 13.5. The Bertz CT molecular complexity index is 730. The summed E-state index contributed by atoms with van der Waals surface area (Å²) < 4.78 is 10.5. The van der Waals surface area contributed by atoms with Gasteiger partial charge in [0.15, 0.2) is 0 Å². The van der Waals surface area contributed by atoms with Crippen molar-refractivity contribution in [1.29, 1.82) is 0 Å². The van der Waals surface area contributed by atoms with Gasteiger partial charge in [0.25, 0.3) is 5.91 Å². The summed E-state index contributed by atoms with van der Waals surface area (Å²) in [7, 11) is 1.55. The first-order valence-electron chi connectivity index (χ1n) is 7.71. The van der Waals surface area contributed by atoms with Crippen LogP contribution in [-0.2, 0) is 4.74 Å². The van der Waals surface area contributed by atoms with Crippen molar-refractivity contribution in [3.63, 3.8) is 0 Å². The van der Waals surface area contributed by atoms with Crippen molar-refractivity contribution in [2.75, 3.05) is 49.4 Å². The molecular weight excluding hydrogens is 308 g/mol. The van der Waals surface area contributed by atoms with Crippen LogP contribution in [0.2, 0.25) is 0 Å². The molecule has 1 aliphatic rings. The van der Waals surface area contributed by atoms with E-state index in [1.165, 1.54) is 0 Å². The Hall–Kier alpha value is -2.80. The fraction of sp³-hybridized carbons (Fsp3) is 0.294. The van der Waals surface area contributed by atoms with Gasteiger partial charge in [0.05, 0.1) is 31.6 Å². The number of nitrogens with two attached hydrogens (primary N) is 1. The lowest BCUT2D eigenvalue weighted by Crippen LogP contribution is -2.38. The van der Waals surface area contributed by atoms with Crippen LogP contribution in [0.25, 0.3) is 0 Å². The Labute approximate surface area is 140 Å². The molecule has 1 saturated heterocycles. The maximum Gasteiger partial charge on any atom is 0.259 e. The van der Waals surface area contributed by atoms with E-state index in [0.29, 0.717) is 54.8 Å². The highest BCUT2D eigenvalue weighted by Crippen LogP contribution is 2.26. The van der Waals surface area contributed by atoms with Gasteiger partial charge in [-0.1, -0.05) is 0 Å². The Morgan fingerprint density at radius 1 is 1.33 bits per heavy atom. The SMILES string of the molecule is COc1ccc(NC(=O)c2cccnc2N2CCOCC2)cc1N. The van der Waals surface area contributed by atoms with Crippen molar-refractivity contribution in [2.24, 2.45) is 0 Å². The van der Waals surface area contributed by atoms with E-state index in [2.05, 4.69) is 15.2 Å². The summed E-state index contributed by atoms with van der Waals surface area (Å²) in [6.45, 7) is 2.69. The molecule has 0 bridgehead atoms. The molecule has 0 spiro atoms. The van der Waals surface area contributed by atoms with Crippen LogP contribution in [0.4, 0.5) is 17.2 Å². The van der Waals surface area contributed by atoms with Crippen LogP contribution in [0.15, 0.2) is 36.5 Å². The number of hydrogen-bond acceptors (Lipinski definition) is 6. The molecule has 1 fully saturated rings. The van der Waals surface area contributed by atoms with Crippen LogP contribution < -0.4 is 20.7 Å². The number of amides is 1. The molecule has 1 aliphatic heterocycles. The van der Waals surface area contributed by atoms with E-state index in [1.54, 1.807) is 43.6 Å². The van der Waals surface area contributed by atoms with Crippen molar-refractivity contribution in [3.05, 3.63) is 42.1 Å². The summed E-state index contributed by atoms with van der Waals surface area (Å²) in [5.41, 5.74) is 7.48. The minimum atomic E-state index is -0.228. The molecule has 2 aromatic rings. The number of carbonyl (C=O) groups is 1. The maximum atomic E-state index is 12.7. The van der Waals surface area contributed by atoms with E-state index >= 15 is 0 Å². The first kappa shape index (κ1) is 16.1. The van der Waals surface area contributed by atoms with E-state index in [4.69, 9.17) is 15.2 Å². The van der Waals surface area contributed by atoms with Crippen molar-refractivity contribution >= 4 is 23.1 Å². The lowest BCUT2D eigenvalue weighted by molar-refractivity contribution is 0.102. The van der Waals surface area contributed by atoms with E-state index in [9.17, 15) is 4.79 Å². The average molecular weight is 328 g/mol. The predicted octanol–water partition coefficient (Wildman–Crippen LogP) is 1.76. The third kappa shape index (κ3) is 3.41. The quantitative estimate of drug-likeness (QED) is 0.831. The summed E-state index contributed by atoms with van der Waals surface area (Å²) in [6.07, 6.45) is 1.69. The van der Waals surface area contributed by atoms with E-state index in [0.717, 1.165) is 0 Å². The van der Waals surface area contributed by atoms with E-state index < -0.39 is 0 Å². The molecule has 7 heteroatoms. The topological polar surface area (TPSA) is 89.7 Å². The molecule has 1 aromatic heterocycles. The van der Waals surface area contributed by atoms with Crippen LogP contribution in [0.3, 0.4) is 0 Å². The van der Waals surface area contributed by atoms with Gasteiger partial charge in [-0.15, -0.1) is 0 Å². The molecule has 126 valence electrons. The molecule has 0 aliphatic carbocycles. The van der Waals surface area contributed by atoms with Gasteiger partial charge in [-0.3, -0.25) is 4.79 Å². The number of nitrogens with one attached hydrogen (secondary N) is 1. The maximum absolute atomic E-state index is 12.7. The fourth-order valence-corrected chi connectivity index (χ4v) is 2.61. The first-order valence-corrected chi connectivity index (χ1v) is 7.71. The molecule has 0 saturated carbocycles. The molecule has 1 aromatic carbocycles. The van der Waals surface area contributed by atoms with Crippen molar-refractivity contribution in [3.8, 4) is 5.75 Å². The summed E-state index contributed by atoms with van der Waals surface area (Å²) in [5.74, 6) is 1.01. The predicted molar refractivity (Wildman–Crippen MR) is 92.6 cm³/mol. The number of anilines is 3. The van der Waals surface area contributed by atoms with Crippen molar-refractivity contribution < 1.29 is 14.3 Å². The highest BCUT2D eigenvalue weighted by atomic mass is 16.5. The van der Waals surface area contributed by atoms with Crippen LogP contribution in [0.5, 0.6) is 5.75 Å². The first-order chi connectivity index (χ1) is 11.7. The molecule has 1 amide bonds. The van der Waals surface area contributed by atoms with Gasteiger partial charge >= 0.3 is 0 Å². The minimum absolute atomic E-state index is 0.228. The summed E-state index contributed by atoms with van der Waals surface area (Å²) >= 11 is 0. The molecule has 24 heavy (non-hydrogen) atoms. The largest absolute Gasteiger partial charge is 0.495 e. The summed E-state index contributed by atoms with van der Waals surface area (Å²) in [6, 6.07) is 8.65. The second-order valence-corrected chi connectivity index (χ2v) is 5.38. The molecule has 3 N–H and O–H groups in total. The molecule has 0 atom stereocenters. The number of rotatable bonds is 4. The van der Waals surface area contributed by atoms with Gasteiger partial charge in [0.1, 0.15) is 11.6 Å². The highest BCUT2D eigenvalue weighted by Gasteiger charge is 2.20. The molecular formula is C17H20N4O3. The van der Waals surface area contributed by atoms with Crippen LogP contribution in [0, 0.1) is 0 Å². The van der Waals surface area contributed by atoms with Crippen molar-refractivity contribution in [2.45, 2.75) is 0 Å². The molecule has 0 unspecified atom stereocenters. The Morgan fingerprint density at radius 2 is 2.12 bits per heavy atom. The average Bonchev–Trinajstić information content (AvgIpc) is 2.62. The lowest BCUT2D eigenvalue weighted by atomic mass is 10.2. The van der Waals surface area contributed by atoms with Crippen LogP contribution in [-0.4, -0.2) is 44.3 Å². The summed E-state index contributed by atoms with van der Waals surface area (Å²) in [4.78, 5) is 19.1. The number of morpholine rings is 1. The Balaban J connectivity index is 1.81. The van der Waals surface area contributed by atoms with Gasteiger partial charge < -0.3 is 25.4 Å². The minimum Gasteiger partial charge on any atom is -0.495 e. The van der Waals surface area contributed by atoms with Gasteiger partial charge in [-0.2, -0.15) is 0 Å². The lowest BCUT2D eigenvalue weighted by Gasteiger charge is -2.29. The number of hydrogen-bond donors (Lipinski definition) is 2. The number of methoxy groups -OCH3 is 1. The smallest absolute Gasteiger partial charge is 0.259 e. The highest BCUT2D eigenvalue weighted by molar-refractivity contribution is 6.07. The number of nitrogens with zero attached hydrogens (tertiary/aromatic N) is 2. The van der Waals surface area contributed by atoms with Gasteiger partial charge in [-0.25, -0.2) is 4.98 Å². The zero-order valence-corrected chi connectivity index (χ0v) is 13.5. The standard InChI is InChI=1S/C17H20N4O3/c1-23-15-5-4-12(11-14(15)18)20-17(22)13-3-2-6-19-16(13)21-7-9-24-10-8-21/h2-6,11H,7-10,18H2,1H3,(H,20,22). The third-order valence-electron chi connectivity index (χ3n) is 3.83. The third-order valence-corrected chi connectivity index (χ3v) is 3.83. The monoisotopic (exact) mass is 328 g/mol. The molecule has 2 heterocycles. The van der Waals surface area contributed by atoms with E-state index in [1.807, 2.05) is 0 Å². The van der Waals surface area contributed by atoms with Gasteiger partial charge in [0.2, 0.25) is 0 Å². The zero-order chi connectivity index (χ0) is 16.9. The van der Waals surface area contributed by atoms with Gasteiger partial charge in [0, 0.05) is 25.0 Å². The number of benzene rings is 1. The number of carbonyl (C=O) groups excluding carboxylic acids is 1. The molecule has 0 radical (unpaired) electrons. The second kappa shape index (κ2) is 7.18. The molecule has 3 rings (SSSR count). The number of ether oxygens (including phenoxy) is 2. The normalized spacial score (nSPS) is 14.3. The van der Waals surface area contributed by atoms with Crippen molar-refractivity contribution in [1.82, 2.24) is 4.98 Å². The molecule has 7 nitrogen and oxygen atoms in total.